The van der Waals surface area contributed by atoms with Crippen LogP contribution in [0.3, 0.4) is 0 Å². The maximum atomic E-state index is 12.2. The van der Waals surface area contributed by atoms with E-state index in [9.17, 15) is 13.2 Å². The van der Waals surface area contributed by atoms with Crippen molar-refractivity contribution in [2.75, 3.05) is 22.4 Å². The van der Waals surface area contributed by atoms with Crippen LogP contribution in [0, 0.1) is 20.8 Å². The molecule has 0 aliphatic carbocycles. The Balaban J connectivity index is 2.22. The van der Waals surface area contributed by atoms with Crippen molar-refractivity contribution in [3.05, 3.63) is 40.4 Å². The zero-order chi connectivity index (χ0) is 17.2. The lowest BCUT2D eigenvalue weighted by Crippen LogP contribution is -2.37. The monoisotopic (exact) mass is 353 g/mol. The molecule has 0 bridgehead atoms. The molecule has 1 N–H and O–H groups in total. The summed E-state index contributed by atoms with van der Waals surface area (Å²) in [6, 6.07) is 7.05. The molecule has 0 aliphatic rings. The number of benzene rings is 1. The average Bonchev–Trinajstić information content (AvgIpc) is 2.74. The van der Waals surface area contributed by atoms with Gasteiger partial charge in [0.15, 0.2) is 5.13 Å². The first-order chi connectivity index (χ1) is 10.7. The highest BCUT2D eigenvalue weighted by molar-refractivity contribution is 7.92. The number of hydrogen-bond acceptors (Lipinski definition) is 5. The van der Waals surface area contributed by atoms with Crippen molar-refractivity contribution in [3.63, 3.8) is 0 Å². The number of thiazole rings is 1. The highest BCUT2D eigenvalue weighted by Crippen LogP contribution is 2.23. The van der Waals surface area contributed by atoms with Crippen LogP contribution in [0.2, 0.25) is 0 Å². The van der Waals surface area contributed by atoms with Crippen molar-refractivity contribution < 1.29 is 13.2 Å². The number of hydrogen-bond donors (Lipinski definition) is 1. The fraction of sp³-hybridized carbons (Fsp3) is 0.333. The predicted molar refractivity (Wildman–Crippen MR) is 93.6 cm³/mol. The largest absolute Gasteiger partial charge is 0.300 e. The maximum absolute atomic E-state index is 12.2. The number of para-hydroxylation sites is 1. The fourth-order valence-electron chi connectivity index (χ4n) is 2.04. The first kappa shape index (κ1) is 17.4. The predicted octanol–water partition coefficient (Wildman–Crippen LogP) is 2.47. The summed E-state index contributed by atoms with van der Waals surface area (Å²) in [6.45, 7) is 5.29. The first-order valence-electron chi connectivity index (χ1n) is 6.95. The van der Waals surface area contributed by atoms with Gasteiger partial charge in [-0.05, 0) is 32.4 Å². The highest BCUT2D eigenvalue weighted by atomic mass is 32.2. The van der Waals surface area contributed by atoms with Gasteiger partial charge in [0.25, 0.3) is 0 Å². The summed E-state index contributed by atoms with van der Waals surface area (Å²) in [5, 5.41) is 3.13. The molecule has 0 aliphatic heterocycles. The topological polar surface area (TPSA) is 79.4 Å². The second-order valence-electron chi connectivity index (χ2n) is 5.26. The lowest BCUT2D eigenvalue weighted by molar-refractivity contribution is -0.114. The molecule has 1 aromatic carbocycles. The zero-order valence-electron chi connectivity index (χ0n) is 13.5. The van der Waals surface area contributed by atoms with Crippen LogP contribution < -0.4 is 9.62 Å². The van der Waals surface area contributed by atoms with Crippen molar-refractivity contribution in [3.8, 4) is 0 Å². The lowest BCUT2D eigenvalue weighted by Gasteiger charge is -2.23. The molecule has 8 heteroatoms. The summed E-state index contributed by atoms with van der Waals surface area (Å²) in [7, 11) is -3.58. The fourth-order valence-corrected chi connectivity index (χ4v) is 3.78. The SMILES string of the molecule is Cc1ccccc1N(CC(=O)Nc1nc(C)c(C)s1)S(C)(=O)=O. The molecular weight excluding hydrogens is 334 g/mol. The van der Waals surface area contributed by atoms with Crippen LogP contribution in [0.15, 0.2) is 24.3 Å². The minimum atomic E-state index is -3.58. The molecule has 2 rings (SSSR count). The smallest absolute Gasteiger partial charge is 0.246 e. The Morgan fingerprint density at radius 2 is 1.91 bits per heavy atom. The number of carbonyl (C=O) groups is 1. The molecule has 0 saturated carbocycles. The Morgan fingerprint density at radius 3 is 2.43 bits per heavy atom. The first-order valence-corrected chi connectivity index (χ1v) is 9.62. The summed E-state index contributed by atoms with van der Waals surface area (Å²) < 4.78 is 25.2. The molecule has 1 heterocycles. The number of rotatable bonds is 5. The molecule has 0 radical (unpaired) electrons. The van der Waals surface area contributed by atoms with Gasteiger partial charge < -0.3 is 5.32 Å². The molecule has 2 aromatic rings. The second kappa shape index (κ2) is 6.67. The number of amides is 1. The summed E-state index contributed by atoms with van der Waals surface area (Å²) in [5.74, 6) is -0.424. The summed E-state index contributed by atoms with van der Waals surface area (Å²) in [6.07, 6.45) is 1.09. The van der Waals surface area contributed by atoms with Gasteiger partial charge >= 0.3 is 0 Å². The minimum Gasteiger partial charge on any atom is -0.300 e. The summed E-state index contributed by atoms with van der Waals surface area (Å²) in [5.41, 5.74) is 2.13. The van der Waals surface area contributed by atoms with Crippen LogP contribution in [0.4, 0.5) is 10.8 Å². The van der Waals surface area contributed by atoms with Gasteiger partial charge in [0.2, 0.25) is 15.9 Å². The van der Waals surface area contributed by atoms with Gasteiger partial charge in [-0.15, -0.1) is 11.3 Å². The minimum absolute atomic E-state index is 0.290. The molecule has 124 valence electrons. The van der Waals surface area contributed by atoms with E-state index < -0.39 is 15.9 Å². The molecule has 0 fully saturated rings. The standard InChI is InChI=1S/C15H19N3O3S2/c1-10-7-5-6-8-13(10)18(23(4,20)21)9-14(19)17-15-16-11(2)12(3)22-15/h5-8H,9H2,1-4H3,(H,16,17,19). The normalized spacial score (nSPS) is 11.3. The number of anilines is 2. The van der Waals surface area contributed by atoms with E-state index in [1.807, 2.05) is 19.9 Å². The molecule has 0 unspecified atom stereocenters. The van der Waals surface area contributed by atoms with Gasteiger partial charge in [0.1, 0.15) is 6.54 Å². The van der Waals surface area contributed by atoms with E-state index in [1.165, 1.54) is 11.3 Å². The number of nitrogens with zero attached hydrogens (tertiary/aromatic N) is 2. The second-order valence-corrected chi connectivity index (χ2v) is 8.37. The van der Waals surface area contributed by atoms with Crippen LogP contribution in [0.1, 0.15) is 16.1 Å². The Labute approximate surface area is 140 Å². The van der Waals surface area contributed by atoms with Gasteiger partial charge in [-0.1, -0.05) is 18.2 Å². The molecular formula is C15H19N3O3S2. The van der Waals surface area contributed by atoms with Crippen LogP contribution in [-0.4, -0.2) is 32.1 Å². The zero-order valence-corrected chi connectivity index (χ0v) is 15.1. The Morgan fingerprint density at radius 1 is 1.26 bits per heavy atom. The van der Waals surface area contributed by atoms with Gasteiger partial charge in [-0.2, -0.15) is 0 Å². The van der Waals surface area contributed by atoms with Crippen molar-refractivity contribution >= 4 is 38.1 Å². The van der Waals surface area contributed by atoms with Crippen LogP contribution in [-0.2, 0) is 14.8 Å². The molecule has 1 amide bonds. The number of aryl methyl sites for hydroxylation is 3. The van der Waals surface area contributed by atoms with E-state index in [0.717, 1.165) is 26.7 Å². The average molecular weight is 353 g/mol. The van der Waals surface area contributed by atoms with E-state index in [2.05, 4.69) is 10.3 Å². The van der Waals surface area contributed by atoms with Crippen LogP contribution in [0.25, 0.3) is 0 Å². The number of sulfonamides is 1. The van der Waals surface area contributed by atoms with E-state index >= 15 is 0 Å². The van der Waals surface area contributed by atoms with E-state index in [1.54, 1.807) is 25.1 Å². The molecule has 0 atom stereocenters. The van der Waals surface area contributed by atoms with Gasteiger partial charge in [-0.3, -0.25) is 9.10 Å². The summed E-state index contributed by atoms with van der Waals surface area (Å²) in [4.78, 5) is 17.5. The Kier molecular flexibility index (Phi) is 5.06. The third-order valence-electron chi connectivity index (χ3n) is 3.35. The summed E-state index contributed by atoms with van der Waals surface area (Å²) >= 11 is 1.37. The highest BCUT2D eigenvalue weighted by Gasteiger charge is 2.22. The van der Waals surface area contributed by atoms with E-state index in [0.29, 0.717) is 10.8 Å². The number of nitrogens with one attached hydrogen (secondary N) is 1. The van der Waals surface area contributed by atoms with Crippen molar-refractivity contribution in [2.45, 2.75) is 20.8 Å². The van der Waals surface area contributed by atoms with Crippen LogP contribution >= 0.6 is 11.3 Å². The van der Waals surface area contributed by atoms with Gasteiger partial charge in [0, 0.05) is 4.88 Å². The molecule has 1 aromatic heterocycles. The van der Waals surface area contributed by atoms with Gasteiger partial charge in [-0.25, -0.2) is 13.4 Å². The quantitative estimate of drug-likeness (QED) is 0.895. The molecule has 0 saturated heterocycles. The third-order valence-corrected chi connectivity index (χ3v) is 5.46. The van der Waals surface area contributed by atoms with Crippen molar-refractivity contribution in [1.29, 1.82) is 0 Å². The Bertz CT molecular complexity index is 809. The molecule has 23 heavy (non-hydrogen) atoms. The number of carbonyl (C=O) groups excluding carboxylic acids is 1. The third kappa shape index (κ3) is 4.29. The van der Waals surface area contributed by atoms with E-state index in [4.69, 9.17) is 0 Å². The van der Waals surface area contributed by atoms with Crippen molar-refractivity contribution in [1.82, 2.24) is 4.98 Å². The lowest BCUT2D eigenvalue weighted by atomic mass is 10.2. The Hall–Kier alpha value is -1.93. The van der Waals surface area contributed by atoms with Crippen LogP contribution in [0.5, 0.6) is 0 Å². The molecule has 0 spiro atoms. The van der Waals surface area contributed by atoms with E-state index in [-0.39, 0.29) is 6.54 Å². The maximum Gasteiger partial charge on any atom is 0.246 e. The number of aromatic nitrogens is 1. The molecule has 6 nitrogen and oxygen atoms in total. The van der Waals surface area contributed by atoms with Crippen molar-refractivity contribution in [2.24, 2.45) is 0 Å². The van der Waals surface area contributed by atoms with Gasteiger partial charge in [0.05, 0.1) is 17.6 Å².